The number of anilines is 4. The van der Waals surface area contributed by atoms with Crippen molar-refractivity contribution in [3.05, 3.63) is 0 Å². The minimum Gasteiger partial charge on any atom is -0.395 e. The van der Waals surface area contributed by atoms with E-state index in [1.165, 1.54) is 0 Å². The van der Waals surface area contributed by atoms with E-state index in [0.29, 0.717) is 41.1 Å². The van der Waals surface area contributed by atoms with E-state index in [9.17, 15) is 0 Å². The van der Waals surface area contributed by atoms with E-state index in [1.54, 1.807) is 14.1 Å². The Morgan fingerprint density at radius 1 is 0.952 bits per heavy atom. The standard InChI is InChI=1S/C12H20N8O/c1-13-9-8-7(16-11(18-9)15-5-6-21)10(14-2)19-12(17-8)20(3)4/h21H,5-6H2,1-4H3,(H,14,17,19)(H2,13,15,16,18). The van der Waals surface area contributed by atoms with E-state index in [0.717, 1.165) is 0 Å². The van der Waals surface area contributed by atoms with Crippen LogP contribution in [-0.2, 0) is 0 Å². The fraction of sp³-hybridized carbons (Fsp3) is 0.500. The largest absolute Gasteiger partial charge is 0.395 e. The molecule has 0 aliphatic heterocycles. The molecule has 0 fully saturated rings. The Labute approximate surface area is 122 Å². The van der Waals surface area contributed by atoms with Crippen molar-refractivity contribution in [3.63, 3.8) is 0 Å². The fourth-order valence-corrected chi connectivity index (χ4v) is 1.80. The van der Waals surface area contributed by atoms with Crippen LogP contribution in [0.5, 0.6) is 0 Å². The summed E-state index contributed by atoms with van der Waals surface area (Å²) in [6.07, 6.45) is 0. The molecule has 2 rings (SSSR count). The molecular weight excluding hydrogens is 272 g/mol. The second kappa shape index (κ2) is 6.35. The number of nitrogens with zero attached hydrogens (tertiary/aromatic N) is 5. The molecule has 0 unspecified atom stereocenters. The van der Waals surface area contributed by atoms with E-state index in [2.05, 4.69) is 35.9 Å². The maximum Gasteiger partial charge on any atom is 0.227 e. The number of hydrogen-bond donors (Lipinski definition) is 4. The molecule has 9 nitrogen and oxygen atoms in total. The van der Waals surface area contributed by atoms with Crippen LogP contribution in [0.15, 0.2) is 0 Å². The average Bonchev–Trinajstić information content (AvgIpc) is 2.50. The number of nitrogens with one attached hydrogen (secondary N) is 3. The highest BCUT2D eigenvalue weighted by atomic mass is 16.3. The topological polar surface area (TPSA) is 111 Å². The molecule has 114 valence electrons. The number of fused-ring (bicyclic) bond motifs is 1. The molecule has 0 radical (unpaired) electrons. The summed E-state index contributed by atoms with van der Waals surface area (Å²) in [6, 6.07) is 0. The molecule has 0 aromatic carbocycles. The first-order chi connectivity index (χ1) is 10.1. The fourth-order valence-electron chi connectivity index (χ4n) is 1.80. The van der Waals surface area contributed by atoms with Gasteiger partial charge in [-0.2, -0.15) is 9.97 Å². The average molecular weight is 292 g/mol. The third kappa shape index (κ3) is 3.02. The Balaban J connectivity index is 2.65. The summed E-state index contributed by atoms with van der Waals surface area (Å²) in [7, 11) is 7.30. The van der Waals surface area contributed by atoms with Gasteiger partial charge in [0.25, 0.3) is 0 Å². The lowest BCUT2D eigenvalue weighted by Gasteiger charge is -2.15. The van der Waals surface area contributed by atoms with Gasteiger partial charge in [-0.1, -0.05) is 0 Å². The van der Waals surface area contributed by atoms with Crippen LogP contribution in [0.3, 0.4) is 0 Å². The lowest BCUT2D eigenvalue weighted by atomic mass is 10.3. The van der Waals surface area contributed by atoms with Crippen molar-refractivity contribution >= 4 is 34.6 Å². The van der Waals surface area contributed by atoms with Crippen LogP contribution in [-0.4, -0.2) is 66.4 Å². The van der Waals surface area contributed by atoms with Gasteiger partial charge in [0.15, 0.2) is 11.6 Å². The smallest absolute Gasteiger partial charge is 0.227 e. The molecule has 4 N–H and O–H groups in total. The quantitative estimate of drug-likeness (QED) is 0.583. The van der Waals surface area contributed by atoms with E-state index >= 15 is 0 Å². The highest BCUT2D eigenvalue weighted by Gasteiger charge is 2.15. The van der Waals surface area contributed by atoms with Crippen molar-refractivity contribution in [1.82, 2.24) is 19.9 Å². The summed E-state index contributed by atoms with van der Waals surface area (Å²) in [5.74, 6) is 2.21. The van der Waals surface area contributed by atoms with Crippen LogP contribution in [0.25, 0.3) is 11.0 Å². The lowest BCUT2D eigenvalue weighted by Crippen LogP contribution is -2.16. The van der Waals surface area contributed by atoms with E-state index in [-0.39, 0.29) is 6.61 Å². The predicted molar refractivity (Wildman–Crippen MR) is 84.1 cm³/mol. The Hall–Kier alpha value is -2.42. The molecule has 2 aromatic rings. The van der Waals surface area contributed by atoms with Crippen molar-refractivity contribution in [3.8, 4) is 0 Å². The number of hydrogen-bond acceptors (Lipinski definition) is 9. The molecule has 0 aliphatic rings. The van der Waals surface area contributed by atoms with Gasteiger partial charge in [0.05, 0.1) is 6.61 Å². The zero-order chi connectivity index (χ0) is 15.4. The maximum absolute atomic E-state index is 8.89. The molecule has 2 aromatic heterocycles. The summed E-state index contributed by atoms with van der Waals surface area (Å²) in [5.41, 5.74) is 1.25. The van der Waals surface area contributed by atoms with Gasteiger partial charge in [-0.05, 0) is 0 Å². The van der Waals surface area contributed by atoms with E-state index < -0.39 is 0 Å². The minimum absolute atomic E-state index is 0.00519. The molecular formula is C12H20N8O. The molecule has 0 saturated carbocycles. The van der Waals surface area contributed by atoms with Crippen molar-refractivity contribution in [2.45, 2.75) is 0 Å². The van der Waals surface area contributed by atoms with Crippen LogP contribution in [0, 0.1) is 0 Å². The lowest BCUT2D eigenvalue weighted by molar-refractivity contribution is 0.311. The molecule has 9 heteroatoms. The van der Waals surface area contributed by atoms with Gasteiger partial charge < -0.3 is 26.0 Å². The SMILES string of the molecule is CNc1nc(N(C)C)nc2c(NC)nc(NCCO)nc12. The monoisotopic (exact) mass is 292 g/mol. The van der Waals surface area contributed by atoms with Crippen LogP contribution in [0.2, 0.25) is 0 Å². The zero-order valence-electron chi connectivity index (χ0n) is 12.6. The van der Waals surface area contributed by atoms with Crippen molar-refractivity contribution < 1.29 is 5.11 Å². The van der Waals surface area contributed by atoms with Gasteiger partial charge >= 0.3 is 0 Å². The highest BCUT2D eigenvalue weighted by molar-refractivity contribution is 5.94. The molecule has 0 saturated heterocycles. The van der Waals surface area contributed by atoms with Gasteiger partial charge in [-0.3, -0.25) is 0 Å². The number of aromatic nitrogens is 4. The van der Waals surface area contributed by atoms with Gasteiger partial charge in [0.2, 0.25) is 11.9 Å². The molecule has 0 spiro atoms. The summed E-state index contributed by atoms with van der Waals surface area (Å²) in [6.45, 7) is 0.380. The minimum atomic E-state index is 0.00519. The molecule has 0 atom stereocenters. The van der Waals surface area contributed by atoms with Gasteiger partial charge in [0, 0.05) is 34.7 Å². The van der Waals surface area contributed by atoms with E-state index in [1.807, 2.05) is 19.0 Å². The van der Waals surface area contributed by atoms with Crippen molar-refractivity contribution in [2.75, 3.05) is 62.2 Å². The Bertz CT molecular complexity index is 630. The Morgan fingerprint density at radius 2 is 1.57 bits per heavy atom. The third-order valence-corrected chi connectivity index (χ3v) is 2.80. The number of aliphatic hydroxyl groups is 1. The predicted octanol–water partition coefficient (Wildman–Crippen LogP) is -0.0266. The van der Waals surface area contributed by atoms with Gasteiger partial charge in [-0.25, -0.2) is 9.97 Å². The van der Waals surface area contributed by atoms with Crippen molar-refractivity contribution in [2.24, 2.45) is 0 Å². The molecule has 21 heavy (non-hydrogen) atoms. The summed E-state index contributed by atoms with van der Waals surface area (Å²) >= 11 is 0. The van der Waals surface area contributed by atoms with Crippen LogP contribution >= 0.6 is 0 Å². The molecule has 0 aliphatic carbocycles. The van der Waals surface area contributed by atoms with Crippen LogP contribution in [0.1, 0.15) is 0 Å². The first-order valence-electron chi connectivity index (χ1n) is 6.58. The Kier molecular flexibility index (Phi) is 4.53. The van der Waals surface area contributed by atoms with Crippen LogP contribution in [0.4, 0.5) is 23.5 Å². The second-order valence-corrected chi connectivity index (χ2v) is 4.51. The highest BCUT2D eigenvalue weighted by Crippen LogP contribution is 2.26. The second-order valence-electron chi connectivity index (χ2n) is 4.51. The van der Waals surface area contributed by atoms with Crippen LogP contribution < -0.4 is 20.9 Å². The molecule has 0 bridgehead atoms. The molecule has 2 heterocycles. The van der Waals surface area contributed by atoms with Gasteiger partial charge in [-0.15, -0.1) is 0 Å². The first-order valence-corrected chi connectivity index (χ1v) is 6.58. The Morgan fingerprint density at radius 3 is 2.14 bits per heavy atom. The molecule has 0 amide bonds. The summed E-state index contributed by atoms with van der Waals surface area (Å²) < 4.78 is 0. The third-order valence-electron chi connectivity index (χ3n) is 2.80. The maximum atomic E-state index is 8.89. The summed E-state index contributed by atoms with van der Waals surface area (Å²) in [4.78, 5) is 19.5. The number of aliphatic hydroxyl groups excluding tert-OH is 1. The van der Waals surface area contributed by atoms with E-state index in [4.69, 9.17) is 5.11 Å². The van der Waals surface area contributed by atoms with Gasteiger partial charge in [0.1, 0.15) is 11.0 Å². The first kappa shape index (κ1) is 15.0. The summed E-state index contributed by atoms with van der Waals surface area (Å²) in [5, 5.41) is 17.9. The normalized spacial score (nSPS) is 10.5. The van der Waals surface area contributed by atoms with Crippen molar-refractivity contribution in [1.29, 1.82) is 0 Å². The zero-order valence-corrected chi connectivity index (χ0v) is 12.6. The number of rotatable bonds is 6.